The highest BCUT2D eigenvalue weighted by Crippen LogP contribution is 2.37. The van der Waals surface area contributed by atoms with Crippen LogP contribution in [0.2, 0.25) is 0 Å². The number of nitrogens with zero attached hydrogens (tertiary/aromatic N) is 2. The van der Waals surface area contributed by atoms with Gasteiger partial charge in [-0.25, -0.2) is 0 Å². The summed E-state index contributed by atoms with van der Waals surface area (Å²) in [6.07, 6.45) is 5.74. The molecule has 0 aromatic heterocycles. The lowest BCUT2D eigenvalue weighted by molar-refractivity contribution is 0.512. The Kier molecular flexibility index (Phi) is 3.83. The quantitative estimate of drug-likeness (QED) is 0.694. The fraction of sp³-hybridized carbons (Fsp3) is 0.368. The molecule has 1 atom stereocenters. The van der Waals surface area contributed by atoms with Crippen molar-refractivity contribution in [2.75, 3.05) is 16.3 Å². The van der Waals surface area contributed by atoms with E-state index in [1.165, 1.54) is 49.2 Å². The van der Waals surface area contributed by atoms with Gasteiger partial charge in [0.25, 0.3) is 0 Å². The molecule has 0 aliphatic carbocycles. The smallest absolute Gasteiger partial charge is 0.102 e. The van der Waals surface area contributed by atoms with E-state index in [9.17, 15) is 0 Å². The van der Waals surface area contributed by atoms with Crippen molar-refractivity contribution in [3.05, 3.63) is 58.6 Å². The molecule has 2 aliphatic heterocycles. The number of para-hydroxylation sites is 1. The minimum atomic E-state index is 0.499. The molecule has 114 valence electrons. The van der Waals surface area contributed by atoms with Gasteiger partial charge in [0.05, 0.1) is 0 Å². The number of fused-ring (bicyclic) bond motifs is 3. The second-order valence-corrected chi connectivity index (χ2v) is 7.17. The van der Waals surface area contributed by atoms with Crippen molar-refractivity contribution >= 4 is 27.3 Å². The van der Waals surface area contributed by atoms with Gasteiger partial charge in [-0.15, -0.1) is 0 Å². The molecule has 3 heteroatoms. The van der Waals surface area contributed by atoms with Crippen molar-refractivity contribution in [2.24, 2.45) is 0 Å². The maximum absolute atomic E-state index is 3.55. The van der Waals surface area contributed by atoms with E-state index in [2.05, 4.69) is 74.3 Å². The molecular formula is C19H21BrN2. The summed E-state index contributed by atoms with van der Waals surface area (Å²) in [5.41, 5.74) is 4.22. The third kappa shape index (κ3) is 2.52. The first-order valence-electron chi connectivity index (χ1n) is 8.20. The number of rotatable bonds is 1. The van der Waals surface area contributed by atoms with E-state index in [1.54, 1.807) is 0 Å². The second-order valence-electron chi connectivity index (χ2n) is 6.26. The Morgan fingerprint density at radius 2 is 1.68 bits per heavy atom. The summed E-state index contributed by atoms with van der Waals surface area (Å²) in [5, 5.41) is 0. The molecule has 0 spiro atoms. The molecule has 2 aromatic carbocycles. The van der Waals surface area contributed by atoms with Crippen molar-refractivity contribution < 1.29 is 0 Å². The minimum Gasteiger partial charge on any atom is -0.351 e. The maximum Gasteiger partial charge on any atom is 0.102 e. The third-order valence-electron chi connectivity index (χ3n) is 4.88. The van der Waals surface area contributed by atoms with Gasteiger partial charge in [-0.1, -0.05) is 40.5 Å². The number of hydrogen-bond acceptors (Lipinski definition) is 2. The molecule has 2 heterocycles. The SMILES string of the molecule is Brc1ccc(N2Cc3ccccc3N3CCCCCC23)cc1. The Bertz CT molecular complexity index is 653. The van der Waals surface area contributed by atoms with Crippen LogP contribution in [-0.4, -0.2) is 12.7 Å². The van der Waals surface area contributed by atoms with Crippen LogP contribution in [0, 0.1) is 0 Å². The third-order valence-corrected chi connectivity index (χ3v) is 5.41. The Morgan fingerprint density at radius 1 is 0.864 bits per heavy atom. The number of anilines is 2. The molecule has 1 fully saturated rings. The largest absolute Gasteiger partial charge is 0.351 e. The number of benzene rings is 2. The minimum absolute atomic E-state index is 0.499. The molecule has 2 aromatic rings. The van der Waals surface area contributed by atoms with Gasteiger partial charge in [-0.05, 0) is 55.2 Å². The fourth-order valence-corrected chi connectivity index (χ4v) is 4.07. The van der Waals surface area contributed by atoms with Crippen LogP contribution in [0.3, 0.4) is 0 Å². The van der Waals surface area contributed by atoms with E-state index in [0.29, 0.717) is 6.17 Å². The van der Waals surface area contributed by atoms with Gasteiger partial charge in [0.2, 0.25) is 0 Å². The molecule has 1 saturated heterocycles. The van der Waals surface area contributed by atoms with Crippen LogP contribution in [0.25, 0.3) is 0 Å². The molecule has 0 N–H and O–H groups in total. The highest BCUT2D eigenvalue weighted by Gasteiger charge is 2.32. The van der Waals surface area contributed by atoms with Gasteiger partial charge in [0.15, 0.2) is 0 Å². The van der Waals surface area contributed by atoms with Gasteiger partial charge in [0, 0.05) is 28.9 Å². The first-order chi connectivity index (χ1) is 10.8. The van der Waals surface area contributed by atoms with Crippen molar-refractivity contribution in [1.29, 1.82) is 0 Å². The molecule has 0 amide bonds. The number of halogens is 1. The zero-order valence-electron chi connectivity index (χ0n) is 12.7. The summed E-state index contributed by atoms with van der Waals surface area (Å²) in [5.74, 6) is 0. The van der Waals surface area contributed by atoms with Crippen LogP contribution < -0.4 is 9.80 Å². The Hall–Kier alpha value is -1.48. The Morgan fingerprint density at radius 3 is 2.55 bits per heavy atom. The predicted molar refractivity (Wildman–Crippen MR) is 96.4 cm³/mol. The summed E-state index contributed by atoms with van der Waals surface area (Å²) in [7, 11) is 0. The van der Waals surface area contributed by atoms with Crippen LogP contribution >= 0.6 is 15.9 Å². The number of hydrogen-bond donors (Lipinski definition) is 0. The van der Waals surface area contributed by atoms with Crippen molar-refractivity contribution in [3.63, 3.8) is 0 Å². The highest BCUT2D eigenvalue weighted by atomic mass is 79.9. The topological polar surface area (TPSA) is 6.48 Å². The van der Waals surface area contributed by atoms with Crippen molar-refractivity contribution in [3.8, 4) is 0 Å². The molecular weight excluding hydrogens is 336 g/mol. The van der Waals surface area contributed by atoms with E-state index in [-0.39, 0.29) is 0 Å². The second kappa shape index (κ2) is 5.96. The summed E-state index contributed by atoms with van der Waals surface area (Å²) in [4.78, 5) is 5.22. The lowest BCUT2D eigenvalue weighted by atomic mass is 10.0. The summed E-state index contributed by atoms with van der Waals surface area (Å²) in [6.45, 7) is 2.19. The lowest BCUT2D eigenvalue weighted by Crippen LogP contribution is -2.51. The Balaban J connectivity index is 1.77. The lowest BCUT2D eigenvalue weighted by Gasteiger charge is -2.46. The van der Waals surface area contributed by atoms with Crippen LogP contribution in [0.4, 0.5) is 11.4 Å². The van der Waals surface area contributed by atoms with Crippen molar-refractivity contribution in [2.45, 2.75) is 38.4 Å². The average Bonchev–Trinajstić information content (AvgIpc) is 2.81. The molecule has 0 bridgehead atoms. The zero-order valence-corrected chi connectivity index (χ0v) is 14.3. The van der Waals surface area contributed by atoms with Gasteiger partial charge in [-0.2, -0.15) is 0 Å². The van der Waals surface area contributed by atoms with Crippen LogP contribution in [0.5, 0.6) is 0 Å². The Labute approximate surface area is 140 Å². The van der Waals surface area contributed by atoms with Gasteiger partial charge in [-0.3, -0.25) is 0 Å². The van der Waals surface area contributed by atoms with Crippen LogP contribution in [-0.2, 0) is 6.54 Å². The fourth-order valence-electron chi connectivity index (χ4n) is 3.81. The molecule has 0 saturated carbocycles. The van der Waals surface area contributed by atoms with Crippen LogP contribution in [0.15, 0.2) is 53.0 Å². The molecule has 1 unspecified atom stereocenters. The van der Waals surface area contributed by atoms with Gasteiger partial charge in [0.1, 0.15) is 6.17 Å². The first kappa shape index (κ1) is 14.1. The van der Waals surface area contributed by atoms with E-state index in [0.717, 1.165) is 11.0 Å². The standard InChI is InChI=1S/C19H21BrN2/c20-16-9-11-17(12-10-16)22-14-15-6-3-4-7-18(15)21-13-5-1-2-8-19(21)22/h3-4,6-7,9-12,19H,1-2,5,8,13-14H2. The van der Waals surface area contributed by atoms with E-state index in [4.69, 9.17) is 0 Å². The predicted octanol–water partition coefficient (Wildman–Crippen LogP) is 5.18. The van der Waals surface area contributed by atoms with E-state index in [1.807, 2.05) is 0 Å². The van der Waals surface area contributed by atoms with Crippen molar-refractivity contribution in [1.82, 2.24) is 0 Å². The molecule has 4 rings (SSSR count). The molecule has 2 aliphatic rings. The summed E-state index contributed by atoms with van der Waals surface area (Å²) in [6, 6.07) is 17.7. The van der Waals surface area contributed by atoms with Gasteiger partial charge >= 0.3 is 0 Å². The molecule has 0 radical (unpaired) electrons. The zero-order chi connectivity index (χ0) is 14.9. The van der Waals surface area contributed by atoms with E-state index < -0.39 is 0 Å². The maximum atomic E-state index is 3.55. The summed E-state index contributed by atoms with van der Waals surface area (Å²) >= 11 is 3.55. The van der Waals surface area contributed by atoms with Gasteiger partial charge < -0.3 is 9.80 Å². The monoisotopic (exact) mass is 356 g/mol. The average molecular weight is 357 g/mol. The highest BCUT2D eigenvalue weighted by molar-refractivity contribution is 9.10. The normalized spacial score (nSPS) is 21.0. The van der Waals surface area contributed by atoms with E-state index >= 15 is 0 Å². The first-order valence-corrected chi connectivity index (χ1v) is 8.99. The molecule has 2 nitrogen and oxygen atoms in total. The summed E-state index contributed by atoms with van der Waals surface area (Å²) < 4.78 is 1.14. The van der Waals surface area contributed by atoms with Crippen LogP contribution in [0.1, 0.15) is 31.2 Å². The molecule has 22 heavy (non-hydrogen) atoms.